The van der Waals surface area contributed by atoms with Crippen LogP contribution in [0.15, 0.2) is 65.2 Å². The van der Waals surface area contributed by atoms with Gasteiger partial charge in [-0.2, -0.15) is 0 Å². The van der Waals surface area contributed by atoms with Crippen LogP contribution in [0.1, 0.15) is 11.5 Å². The van der Waals surface area contributed by atoms with Crippen molar-refractivity contribution >= 4 is 22.8 Å². The van der Waals surface area contributed by atoms with Crippen LogP contribution in [0.4, 0.5) is 4.79 Å². The predicted molar refractivity (Wildman–Crippen MR) is 105 cm³/mol. The molecule has 0 bridgehead atoms. The molecule has 8 heteroatoms. The summed E-state index contributed by atoms with van der Waals surface area (Å²) in [6.07, 6.45) is 2.28. The fourth-order valence-corrected chi connectivity index (χ4v) is 3.54. The standard InChI is InChI=1S/C21H17N5O3/c27-20-17(10-14-11-22-16-9-5-4-8-15(14)16)23-21(28)26(20)12-18-24-25-19(29-18)13-6-2-1-3-7-13/h1-9,11,17,22H,10,12H2,(H,23,28)/t17-/m0/s1. The summed E-state index contributed by atoms with van der Waals surface area (Å²) in [4.78, 5) is 29.5. The number of hydrogen-bond donors (Lipinski definition) is 2. The molecule has 2 N–H and O–H groups in total. The molecule has 1 saturated heterocycles. The number of fused-ring (bicyclic) bond motifs is 1. The first-order valence-electron chi connectivity index (χ1n) is 9.24. The summed E-state index contributed by atoms with van der Waals surface area (Å²) in [7, 11) is 0. The van der Waals surface area contributed by atoms with Gasteiger partial charge in [0.2, 0.25) is 11.8 Å². The van der Waals surface area contributed by atoms with E-state index in [-0.39, 0.29) is 18.3 Å². The summed E-state index contributed by atoms with van der Waals surface area (Å²) in [5.41, 5.74) is 2.75. The molecule has 1 aliphatic heterocycles. The van der Waals surface area contributed by atoms with Crippen molar-refractivity contribution in [2.45, 2.75) is 19.0 Å². The maximum atomic E-state index is 12.8. The molecule has 29 heavy (non-hydrogen) atoms. The number of urea groups is 1. The van der Waals surface area contributed by atoms with Gasteiger partial charge in [0.1, 0.15) is 12.6 Å². The number of nitrogens with zero attached hydrogens (tertiary/aromatic N) is 3. The van der Waals surface area contributed by atoms with Gasteiger partial charge < -0.3 is 14.7 Å². The maximum absolute atomic E-state index is 12.8. The molecule has 0 saturated carbocycles. The topological polar surface area (TPSA) is 104 Å². The van der Waals surface area contributed by atoms with E-state index in [1.807, 2.05) is 60.8 Å². The van der Waals surface area contributed by atoms with Crippen molar-refractivity contribution in [3.63, 3.8) is 0 Å². The monoisotopic (exact) mass is 387 g/mol. The number of nitrogens with one attached hydrogen (secondary N) is 2. The van der Waals surface area contributed by atoms with Gasteiger partial charge in [0.05, 0.1) is 0 Å². The second-order valence-electron chi connectivity index (χ2n) is 6.86. The SMILES string of the molecule is O=C1N[C@@H](Cc2c[nH]c3ccccc23)C(=O)N1Cc1nnc(-c2ccccc2)o1. The van der Waals surface area contributed by atoms with E-state index in [0.717, 1.165) is 26.9 Å². The molecule has 5 rings (SSSR count). The van der Waals surface area contributed by atoms with Crippen LogP contribution in [0, 0.1) is 0 Å². The molecule has 3 heterocycles. The van der Waals surface area contributed by atoms with E-state index in [1.165, 1.54) is 0 Å². The summed E-state index contributed by atoms with van der Waals surface area (Å²) in [6.45, 7) is -0.0606. The quantitative estimate of drug-likeness (QED) is 0.513. The zero-order valence-electron chi connectivity index (χ0n) is 15.3. The lowest BCUT2D eigenvalue weighted by Gasteiger charge is -2.10. The first-order chi connectivity index (χ1) is 14.2. The fourth-order valence-electron chi connectivity index (χ4n) is 3.54. The van der Waals surface area contributed by atoms with Gasteiger partial charge in [0.15, 0.2) is 0 Å². The smallest absolute Gasteiger partial charge is 0.325 e. The van der Waals surface area contributed by atoms with E-state index in [1.54, 1.807) is 0 Å². The van der Waals surface area contributed by atoms with Crippen molar-refractivity contribution in [2.24, 2.45) is 0 Å². The summed E-state index contributed by atoms with van der Waals surface area (Å²) < 4.78 is 5.63. The van der Waals surface area contributed by atoms with Crippen LogP contribution in [0.3, 0.4) is 0 Å². The molecule has 8 nitrogen and oxygen atoms in total. The summed E-state index contributed by atoms with van der Waals surface area (Å²) >= 11 is 0. The molecule has 4 aromatic rings. The number of carbonyl (C=O) groups excluding carboxylic acids is 2. The van der Waals surface area contributed by atoms with Gasteiger partial charge in [-0.1, -0.05) is 36.4 Å². The van der Waals surface area contributed by atoms with Crippen molar-refractivity contribution in [1.82, 2.24) is 25.4 Å². The van der Waals surface area contributed by atoms with Crippen LogP contribution in [-0.4, -0.2) is 38.1 Å². The largest absolute Gasteiger partial charge is 0.419 e. The van der Waals surface area contributed by atoms with Gasteiger partial charge >= 0.3 is 6.03 Å². The Balaban J connectivity index is 1.31. The van der Waals surface area contributed by atoms with E-state index in [0.29, 0.717) is 12.3 Å². The van der Waals surface area contributed by atoms with Crippen LogP contribution < -0.4 is 5.32 Å². The molecule has 2 aromatic carbocycles. The lowest BCUT2D eigenvalue weighted by molar-refractivity contribution is -0.128. The molecule has 1 fully saturated rings. The first-order valence-corrected chi connectivity index (χ1v) is 9.24. The Morgan fingerprint density at radius 1 is 1.00 bits per heavy atom. The highest BCUT2D eigenvalue weighted by Gasteiger charge is 2.39. The van der Waals surface area contributed by atoms with Crippen molar-refractivity contribution in [3.05, 3.63) is 72.2 Å². The van der Waals surface area contributed by atoms with Gasteiger partial charge in [-0.25, -0.2) is 4.79 Å². The van der Waals surface area contributed by atoms with Gasteiger partial charge in [0.25, 0.3) is 5.91 Å². The Morgan fingerprint density at radius 3 is 2.66 bits per heavy atom. The maximum Gasteiger partial charge on any atom is 0.325 e. The molecule has 0 spiro atoms. The Hall–Kier alpha value is -3.94. The molecule has 1 aliphatic rings. The summed E-state index contributed by atoms with van der Waals surface area (Å²) in [5, 5.41) is 11.8. The number of H-pyrrole nitrogens is 1. The normalized spacial score (nSPS) is 16.6. The number of imide groups is 1. The average molecular weight is 387 g/mol. The minimum Gasteiger partial charge on any atom is -0.419 e. The van der Waals surface area contributed by atoms with E-state index in [2.05, 4.69) is 20.5 Å². The number of rotatable bonds is 5. The summed E-state index contributed by atoms with van der Waals surface area (Å²) in [6, 6.07) is 16.1. The summed E-state index contributed by atoms with van der Waals surface area (Å²) in [5.74, 6) is 0.253. The zero-order valence-corrected chi connectivity index (χ0v) is 15.3. The Morgan fingerprint density at radius 2 is 1.79 bits per heavy atom. The molecule has 3 amide bonds. The average Bonchev–Trinajstić information content (AvgIpc) is 3.45. The third kappa shape index (κ3) is 3.14. The van der Waals surface area contributed by atoms with Crippen molar-refractivity contribution in [3.8, 4) is 11.5 Å². The lowest BCUT2D eigenvalue weighted by Crippen LogP contribution is -2.32. The predicted octanol–water partition coefficient (Wildman–Crippen LogP) is 2.88. The Labute approximate surface area is 165 Å². The molecular formula is C21H17N5O3. The van der Waals surface area contributed by atoms with Gasteiger partial charge in [0, 0.05) is 29.1 Å². The third-order valence-corrected chi connectivity index (χ3v) is 4.99. The molecule has 144 valence electrons. The van der Waals surface area contributed by atoms with E-state index >= 15 is 0 Å². The highest BCUT2D eigenvalue weighted by atomic mass is 16.4. The number of amides is 3. The molecule has 0 unspecified atom stereocenters. The van der Waals surface area contributed by atoms with Crippen molar-refractivity contribution < 1.29 is 14.0 Å². The van der Waals surface area contributed by atoms with Gasteiger partial charge in [-0.05, 0) is 23.8 Å². The van der Waals surface area contributed by atoms with Crippen LogP contribution in [0.25, 0.3) is 22.4 Å². The van der Waals surface area contributed by atoms with Crippen molar-refractivity contribution in [2.75, 3.05) is 0 Å². The third-order valence-electron chi connectivity index (χ3n) is 4.99. The van der Waals surface area contributed by atoms with Crippen LogP contribution >= 0.6 is 0 Å². The van der Waals surface area contributed by atoms with Crippen molar-refractivity contribution in [1.29, 1.82) is 0 Å². The van der Waals surface area contributed by atoms with Crippen LogP contribution in [0.5, 0.6) is 0 Å². The molecule has 1 atom stereocenters. The molecule has 0 aliphatic carbocycles. The van der Waals surface area contributed by atoms with Gasteiger partial charge in [-0.15, -0.1) is 10.2 Å². The number of hydrogen-bond acceptors (Lipinski definition) is 5. The number of carbonyl (C=O) groups is 2. The minimum absolute atomic E-state index is 0.0606. The second-order valence-corrected chi connectivity index (χ2v) is 6.86. The minimum atomic E-state index is -0.627. The Bertz CT molecular complexity index is 1200. The zero-order chi connectivity index (χ0) is 19.8. The van der Waals surface area contributed by atoms with Crippen LogP contribution in [0.2, 0.25) is 0 Å². The number of benzene rings is 2. The highest BCUT2D eigenvalue weighted by molar-refractivity contribution is 6.04. The fraction of sp³-hybridized carbons (Fsp3) is 0.143. The lowest BCUT2D eigenvalue weighted by atomic mass is 10.1. The number of para-hydroxylation sites is 1. The second kappa shape index (κ2) is 6.90. The first kappa shape index (κ1) is 17.2. The van der Waals surface area contributed by atoms with Crippen LogP contribution in [-0.2, 0) is 17.8 Å². The van der Waals surface area contributed by atoms with Gasteiger partial charge in [-0.3, -0.25) is 9.69 Å². The highest BCUT2D eigenvalue weighted by Crippen LogP contribution is 2.22. The van der Waals surface area contributed by atoms with E-state index < -0.39 is 12.1 Å². The number of aromatic amines is 1. The molecule has 0 radical (unpaired) electrons. The Kier molecular flexibility index (Phi) is 4.09. The molecular weight excluding hydrogens is 370 g/mol. The molecule has 2 aromatic heterocycles. The van der Waals surface area contributed by atoms with E-state index in [4.69, 9.17) is 4.42 Å². The number of aromatic nitrogens is 3. The van der Waals surface area contributed by atoms with E-state index in [9.17, 15) is 9.59 Å².